The van der Waals surface area contributed by atoms with E-state index in [4.69, 9.17) is 0 Å². The third kappa shape index (κ3) is 1.05. The predicted octanol–water partition coefficient (Wildman–Crippen LogP) is 2.28. The van der Waals surface area contributed by atoms with Crippen LogP contribution in [0.4, 0.5) is 0 Å². The fourth-order valence-electron chi connectivity index (χ4n) is 3.92. The number of hydrogen-bond donors (Lipinski definition) is 0. The van der Waals surface area contributed by atoms with Crippen LogP contribution >= 0.6 is 0 Å². The van der Waals surface area contributed by atoms with E-state index in [0.717, 1.165) is 37.7 Å². The van der Waals surface area contributed by atoms with Crippen molar-refractivity contribution in [1.29, 1.82) is 0 Å². The lowest BCUT2D eigenvalue weighted by Gasteiger charge is -2.42. The van der Waals surface area contributed by atoms with E-state index in [1.54, 1.807) is 0 Å². The Kier molecular flexibility index (Phi) is 1.74. The van der Waals surface area contributed by atoms with Crippen LogP contribution in [0.2, 0.25) is 0 Å². The smallest absolute Gasteiger partial charge is 0.140 e. The molecule has 15 heavy (non-hydrogen) atoms. The first-order valence-corrected chi connectivity index (χ1v) is 5.87. The molecule has 0 N–H and O–H groups in total. The van der Waals surface area contributed by atoms with Crippen LogP contribution in [-0.2, 0) is 9.59 Å². The topological polar surface area (TPSA) is 34.1 Å². The summed E-state index contributed by atoms with van der Waals surface area (Å²) in [5.41, 5.74) is 0.867. The van der Waals surface area contributed by atoms with Gasteiger partial charge in [0, 0.05) is 24.2 Å². The highest BCUT2D eigenvalue weighted by molar-refractivity contribution is 5.94. The second kappa shape index (κ2) is 2.81. The highest BCUT2D eigenvalue weighted by Gasteiger charge is 2.57. The third-order valence-corrected chi connectivity index (χ3v) is 4.73. The first-order chi connectivity index (χ1) is 7.13. The molecule has 80 valence electrons. The first kappa shape index (κ1) is 9.32. The van der Waals surface area contributed by atoms with E-state index in [1.807, 2.05) is 0 Å². The minimum absolute atomic E-state index is 0.0169. The summed E-state index contributed by atoms with van der Waals surface area (Å²) in [5.74, 6) is 1.10. The molecular formula is C13H16O2. The molecule has 0 heterocycles. The largest absolute Gasteiger partial charge is 0.299 e. The molecule has 3 saturated carbocycles. The molecule has 2 nitrogen and oxygen atoms in total. The van der Waals surface area contributed by atoms with E-state index < -0.39 is 0 Å². The fourth-order valence-corrected chi connectivity index (χ4v) is 3.92. The molecule has 3 fully saturated rings. The molecular weight excluding hydrogens is 188 g/mol. The molecule has 2 bridgehead atoms. The van der Waals surface area contributed by atoms with Crippen LogP contribution in [0.3, 0.4) is 0 Å². The maximum absolute atomic E-state index is 12.1. The van der Waals surface area contributed by atoms with E-state index in [2.05, 4.69) is 6.58 Å². The Bertz CT molecular complexity index is 369. The Morgan fingerprint density at radius 2 is 2.13 bits per heavy atom. The van der Waals surface area contributed by atoms with Crippen molar-refractivity contribution in [2.45, 2.75) is 38.5 Å². The standard InChI is InChI=1S/C13H16O2/c1-8-6-13-7-10(8)11(14)5-9(13)3-2-4-12(13)15/h9-10H,1-7H2. The van der Waals surface area contributed by atoms with Crippen LogP contribution in [0.5, 0.6) is 0 Å². The summed E-state index contributed by atoms with van der Waals surface area (Å²) in [4.78, 5) is 24.0. The monoisotopic (exact) mass is 204 g/mol. The first-order valence-electron chi connectivity index (χ1n) is 5.87. The molecule has 0 aromatic rings. The number of ketones is 2. The van der Waals surface area contributed by atoms with E-state index >= 15 is 0 Å². The van der Waals surface area contributed by atoms with Gasteiger partial charge in [-0.2, -0.15) is 0 Å². The zero-order chi connectivity index (χ0) is 10.6. The van der Waals surface area contributed by atoms with Gasteiger partial charge in [0.1, 0.15) is 11.6 Å². The van der Waals surface area contributed by atoms with E-state index in [1.165, 1.54) is 0 Å². The number of carbonyl (C=O) groups is 2. The minimum atomic E-state index is -0.159. The Hall–Kier alpha value is -0.920. The lowest BCUT2D eigenvalue weighted by Crippen LogP contribution is -2.44. The average molecular weight is 204 g/mol. The summed E-state index contributed by atoms with van der Waals surface area (Å²) < 4.78 is 0. The van der Waals surface area contributed by atoms with Crippen molar-refractivity contribution in [1.82, 2.24) is 0 Å². The van der Waals surface area contributed by atoms with Crippen molar-refractivity contribution in [2.75, 3.05) is 0 Å². The fraction of sp³-hybridized carbons (Fsp3) is 0.692. The lowest BCUT2D eigenvalue weighted by atomic mass is 9.60. The van der Waals surface area contributed by atoms with Crippen molar-refractivity contribution in [2.24, 2.45) is 17.3 Å². The van der Waals surface area contributed by atoms with Gasteiger partial charge in [0.2, 0.25) is 0 Å². The maximum atomic E-state index is 12.1. The SMILES string of the molecule is C=C1CC23CC1C(=O)CC2CCCC3=O. The number of hydrogen-bond acceptors (Lipinski definition) is 2. The molecule has 1 spiro atoms. The Labute approximate surface area is 89.7 Å². The molecule has 2 heteroatoms. The van der Waals surface area contributed by atoms with Crippen LogP contribution < -0.4 is 0 Å². The van der Waals surface area contributed by atoms with Gasteiger partial charge in [-0.3, -0.25) is 9.59 Å². The second-order valence-corrected chi connectivity index (χ2v) is 5.43. The Morgan fingerprint density at radius 3 is 2.93 bits per heavy atom. The highest BCUT2D eigenvalue weighted by Crippen LogP contribution is 2.59. The molecule has 0 saturated heterocycles. The molecule has 0 radical (unpaired) electrons. The zero-order valence-electron chi connectivity index (χ0n) is 8.92. The van der Waals surface area contributed by atoms with Gasteiger partial charge in [0.05, 0.1) is 0 Å². The normalized spacial score (nSPS) is 44.4. The molecule has 0 aromatic heterocycles. The number of rotatable bonds is 0. The minimum Gasteiger partial charge on any atom is -0.299 e. The van der Waals surface area contributed by atoms with Crippen molar-refractivity contribution in [3.8, 4) is 0 Å². The maximum Gasteiger partial charge on any atom is 0.140 e. The van der Waals surface area contributed by atoms with Gasteiger partial charge in [0.25, 0.3) is 0 Å². The molecule has 3 rings (SSSR count). The van der Waals surface area contributed by atoms with Gasteiger partial charge in [-0.1, -0.05) is 12.2 Å². The predicted molar refractivity (Wildman–Crippen MR) is 56.3 cm³/mol. The van der Waals surface area contributed by atoms with Crippen LogP contribution in [0.15, 0.2) is 12.2 Å². The summed E-state index contributed by atoms with van der Waals surface area (Å²) in [7, 11) is 0. The van der Waals surface area contributed by atoms with Crippen LogP contribution in [0, 0.1) is 17.3 Å². The molecule has 3 atom stereocenters. The summed E-state index contributed by atoms with van der Waals surface area (Å²) in [6, 6.07) is 0. The molecule has 0 aromatic carbocycles. The summed E-state index contributed by atoms with van der Waals surface area (Å²) in [6.45, 7) is 3.99. The summed E-state index contributed by atoms with van der Waals surface area (Å²) >= 11 is 0. The van der Waals surface area contributed by atoms with E-state index in [-0.39, 0.29) is 11.3 Å². The third-order valence-electron chi connectivity index (χ3n) is 4.73. The van der Waals surface area contributed by atoms with Crippen molar-refractivity contribution in [3.63, 3.8) is 0 Å². The average Bonchev–Trinajstić information content (AvgIpc) is 2.49. The molecule has 3 aliphatic rings. The van der Waals surface area contributed by atoms with Crippen molar-refractivity contribution >= 4 is 11.6 Å². The van der Waals surface area contributed by atoms with Crippen molar-refractivity contribution in [3.05, 3.63) is 12.2 Å². The number of allylic oxidation sites excluding steroid dienone is 1. The molecule has 3 aliphatic carbocycles. The van der Waals surface area contributed by atoms with Gasteiger partial charge < -0.3 is 0 Å². The Morgan fingerprint density at radius 1 is 1.33 bits per heavy atom. The number of carbonyl (C=O) groups excluding carboxylic acids is 2. The molecule has 0 aliphatic heterocycles. The molecule has 0 amide bonds. The summed E-state index contributed by atoms with van der Waals surface area (Å²) in [6.07, 6.45) is 4.99. The van der Waals surface area contributed by atoms with Crippen LogP contribution in [-0.4, -0.2) is 11.6 Å². The van der Waals surface area contributed by atoms with Crippen LogP contribution in [0.1, 0.15) is 38.5 Å². The lowest BCUT2D eigenvalue weighted by molar-refractivity contribution is -0.140. The molecule has 3 unspecified atom stereocenters. The number of Topliss-reactive ketones (excluding diaryl/α,β-unsaturated/α-hetero) is 2. The van der Waals surface area contributed by atoms with Gasteiger partial charge in [-0.05, 0) is 31.6 Å². The zero-order valence-corrected chi connectivity index (χ0v) is 8.92. The van der Waals surface area contributed by atoms with E-state index in [0.29, 0.717) is 23.9 Å². The second-order valence-electron chi connectivity index (χ2n) is 5.43. The Balaban J connectivity index is 2.05. The quantitative estimate of drug-likeness (QED) is 0.567. The van der Waals surface area contributed by atoms with Crippen LogP contribution in [0.25, 0.3) is 0 Å². The van der Waals surface area contributed by atoms with Gasteiger partial charge in [-0.15, -0.1) is 0 Å². The van der Waals surface area contributed by atoms with Gasteiger partial charge in [0.15, 0.2) is 0 Å². The summed E-state index contributed by atoms with van der Waals surface area (Å²) in [5, 5.41) is 0. The number of fused-ring (bicyclic) bond motifs is 1. The highest BCUT2D eigenvalue weighted by atomic mass is 16.1. The van der Waals surface area contributed by atoms with Gasteiger partial charge >= 0.3 is 0 Å². The van der Waals surface area contributed by atoms with Crippen molar-refractivity contribution < 1.29 is 9.59 Å². The van der Waals surface area contributed by atoms with E-state index in [9.17, 15) is 9.59 Å². The van der Waals surface area contributed by atoms with Gasteiger partial charge in [-0.25, -0.2) is 0 Å².